The van der Waals surface area contributed by atoms with Crippen molar-refractivity contribution in [3.05, 3.63) is 56.7 Å². The number of carbonyl (C=O) groups excluding carboxylic acids is 1. The summed E-state index contributed by atoms with van der Waals surface area (Å²) >= 11 is 7.02. The molecule has 6 heteroatoms. The summed E-state index contributed by atoms with van der Waals surface area (Å²) in [5.41, 5.74) is 1.67. The number of carboxylic acid groups (broad SMARTS) is 1. The van der Waals surface area contributed by atoms with Gasteiger partial charge in [0, 0.05) is 6.54 Å². The highest BCUT2D eigenvalue weighted by atomic mass is 35.5. The molecule has 3 rings (SSSR count). The van der Waals surface area contributed by atoms with Crippen molar-refractivity contribution in [3.63, 3.8) is 0 Å². The largest absolute Gasteiger partial charge is 0.479 e. The monoisotopic (exact) mass is 321 g/mol. The lowest BCUT2D eigenvalue weighted by atomic mass is 9.92. The van der Waals surface area contributed by atoms with Gasteiger partial charge in [0.15, 0.2) is 6.04 Å². The molecule has 1 aromatic heterocycles. The number of amides is 1. The number of halogens is 1. The molecular formula is C15H12ClNO3S. The maximum Gasteiger partial charge on any atom is 0.331 e. The summed E-state index contributed by atoms with van der Waals surface area (Å²) in [6.45, 7) is 0.391. The van der Waals surface area contributed by atoms with Crippen LogP contribution in [0.5, 0.6) is 0 Å². The topological polar surface area (TPSA) is 57.6 Å². The average molecular weight is 322 g/mol. The van der Waals surface area contributed by atoms with E-state index in [1.54, 1.807) is 24.3 Å². The standard InChI is InChI=1S/C15H12ClNO3S/c16-12-6-5-11(21-12)14(18)17-8-7-9-3-1-2-4-10(9)13(17)15(19)20/h1-6,13H,7-8H2,(H,19,20)/t13-/m1/s1. The van der Waals surface area contributed by atoms with E-state index in [9.17, 15) is 14.7 Å². The van der Waals surface area contributed by atoms with Gasteiger partial charge in [-0.2, -0.15) is 0 Å². The van der Waals surface area contributed by atoms with Crippen LogP contribution in [0.2, 0.25) is 4.34 Å². The molecule has 1 atom stereocenters. The van der Waals surface area contributed by atoms with E-state index < -0.39 is 12.0 Å². The Morgan fingerprint density at radius 2 is 2.00 bits per heavy atom. The molecule has 0 radical (unpaired) electrons. The number of carboxylic acids is 1. The first kappa shape index (κ1) is 14.1. The van der Waals surface area contributed by atoms with Gasteiger partial charge in [0.05, 0.1) is 9.21 Å². The predicted molar refractivity (Wildman–Crippen MR) is 80.9 cm³/mol. The Morgan fingerprint density at radius 1 is 1.24 bits per heavy atom. The highest BCUT2D eigenvalue weighted by molar-refractivity contribution is 7.17. The second-order valence-electron chi connectivity index (χ2n) is 4.79. The van der Waals surface area contributed by atoms with Gasteiger partial charge in [-0.1, -0.05) is 35.9 Å². The third kappa shape index (κ3) is 2.54. The molecule has 1 aliphatic rings. The Hall–Kier alpha value is -1.85. The van der Waals surface area contributed by atoms with Crippen LogP contribution in [0.1, 0.15) is 26.8 Å². The molecule has 1 aromatic carbocycles. The number of nitrogens with zero attached hydrogens (tertiary/aromatic N) is 1. The van der Waals surface area contributed by atoms with Gasteiger partial charge in [-0.05, 0) is 29.7 Å². The van der Waals surface area contributed by atoms with Crippen LogP contribution in [0, 0.1) is 0 Å². The van der Waals surface area contributed by atoms with E-state index in [2.05, 4.69) is 0 Å². The van der Waals surface area contributed by atoms with Gasteiger partial charge in [-0.25, -0.2) is 4.79 Å². The summed E-state index contributed by atoms with van der Waals surface area (Å²) < 4.78 is 0.516. The second kappa shape index (κ2) is 5.50. The number of hydrogen-bond acceptors (Lipinski definition) is 3. The third-order valence-electron chi connectivity index (χ3n) is 3.56. The number of hydrogen-bond donors (Lipinski definition) is 1. The van der Waals surface area contributed by atoms with E-state index in [0.717, 1.165) is 5.56 Å². The van der Waals surface area contributed by atoms with Gasteiger partial charge < -0.3 is 10.0 Å². The van der Waals surface area contributed by atoms with E-state index in [-0.39, 0.29) is 5.91 Å². The summed E-state index contributed by atoms with van der Waals surface area (Å²) in [5, 5.41) is 9.54. The maximum atomic E-state index is 12.6. The van der Waals surface area contributed by atoms with Gasteiger partial charge in [-0.3, -0.25) is 4.79 Å². The molecule has 1 N–H and O–H groups in total. The molecule has 108 valence electrons. The number of carbonyl (C=O) groups is 2. The van der Waals surface area contributed by atoms with Crippen LogP contribution < -0.4 is 0 Å². The summed E-state index contributed by atoms with van der Waals surface area (Å²) in [6, 6.07) is 9.70. The van der Waals surface area contributed by atoms with Crippen molar-refractivity contribution in [1.82, 2.24) is 4.90 Å². The van der Waals surface area contributed by atoms with E-state index in [1.165, 1.54) is 16.2 Å². The van der Waals surface area contributed by atoms with Crippen molar-refractivity contribution in [3.8, 4) is 0 Å². The van der Waals surface area contributed by atoms with Gasteiger partial charge in [0.25, 0.3) is 5.91 Å². The zero-order valence-electron chi connectivity index (χ0n) is 11.0. The van der Waals surface area contributed by atoms with E-state index in [0.29, 0.717) is 27.7 Å². The maximum absolute atomic E-state index is 12.6. The van der Waals surface area contributed by atoms with E-state index in [4.69, 9.17) is 11.6 Å². The number of fused-ring (bicyclic) bond motifs is 1. The normalized spacial score (nSPS) is 17.4. The number of benzene rings is 1. The third-order valence-corrected chi connectivity index (χ3v) is 4.78. The lowest BCUT2D eigenvalue weighted by molar-refractivity contribution is -0.143. The Morgan fingerprint density at radius 3 is 2.67 bits per heavy atom. The Kier molecular flexibility index (Phi) is 3.69. The second-order valence-corrected chi connectivity index (χ2v) is 6.51. The first-order valence-electron chi connectivity index (χ1n) is 6.45. The van der Waals surface area contributed by atoms with Crippen LogP contribution in [0.4, 0.5) is 0 Å². The fourth-order valence-electron chi connectivity index (χ4n) is 2.62. The molecule has 0 spiro atoms. The van der Waals surface area contributed by atoms with E-state index >= 15 is 0 Å². The molecule has 0 aliphatic carbocycles. The molecule has 0 unspecified atom stereocenters. The minimum Gasteiger partial charge on any atom is -0.479 e. The van der Waals surface area contributed by atoms with Gasteiger partial charge in [0.1, 0.15) is 0 Å². The highest BCUT2D eigenvalue weighted by Crippen LogP contribution is 2.32. The highest BCUT2D eigenvalue weighted by Gasteiger charge is 2.36. The molecule has 4 nitrogen and oxygen atoms in total. The zero-order chi connectivity index (χ0) is 15.0. The van der Waals surface area contributed by atoms with Crippen molar-refractivity contribution in [2.75, 3.05) is 6.54 Å². The van der Waals surface area contributed by atoms with Crippen molar-refractivity contribution in [2.45, 2.75) is 12.5 Å². The van der Waals surface area contributed by atoms with Crippen molar-refractivity contribution in [1.29, 1.82) is 0 Å². The fourth-order valence-corrected chi connectivity index (χ4v) is 3.62. The predicted octanol–water partition coefficient (Wildman–Crippen LogP) is 3.23. The lowest BCUT2D eigenvalue weighted by Crippen LogP contribution is -2.43. The van der Waals surface area contributed by atoms with Crippen molar-refractivity contribution >= 4 is 34.8 Å². The minimum atomic E-state index is -1.02. The molecule has 0 saturated heterocycles. The Bertz CT molecular complexity index is 712. The van der Waals surface area contributed by atoms with Crippen LogP contribution in [0.3, 0.4) is 0 Å². The summed E-state index contributed by atoms with van der Waals surface area (Å²) in [7, 11) is 0. The molecule has 0 saturated carbocycles. The smallest absolute Gasteiger partial charge is 0.331 e. The van der Waals surface area contributed by atoms with Crippen LogP contribution >= 0.6 is 22.9 Å². The van der Waals surface area contributed by atoms with Crippen LogP contribution in [0.15, 0.2) is 36.4 Å². The van der Waals surface area contributed by atoms with E-state index in [1.807, 2.05) is 12.1 Å². The van der Waals surface area contributed by atoms with Crippen molar-refractivity contribution in [2.24, 2.45) is 0 Å². The number of rotatable bonds is 2. The Labute approximate surface area is 130 Å². The molecule has 21 heavy (non-hydrogen) atoms. The molecule has 2 heterocycles. The molecule has 1 amide bonds. The lowest BCUT2D eigenvalue weighted by Gasteiger charge is -2.34. The first-order valence-corrected chi connectivity index (χ1v) is 7.64. The quantitative estimate of drug-likeness (QED) is 0.924. The first-order chi connectivity index (χ1) is 10.1. The number of aliphatic carboxylic acids is 1. The average Bonchev–Trinajstić information content (AvgIpc) is 2.91. The van der Waals surface area contributed by atoms with Gasteiger partial charge in [0.2, 0.25) is 0 Å². The summed E-state index contributed by atoms with van der Waals surface area (Å²) in [6.07, 6.45) is 0.658. The fraction of sp³-hybridized carbons (Fsp3) is 0.200. The van der Waals surface area contributed by atoms with Gasteiger partial charge >= 0.3 is 5.97 Å². The molecule has 0 bridgehead atoms. The molecule has 2 aromatic rings. The summed E-state index contributed by atoms with van der Waals surface area (Å²) in [4.78, 5) is 26.1. The zero-order valence-corrected chi connectivity index (χ0v) is 12.5. The molecule has 0 fully saturated rings. The molecular weight excluding hydrogens is 310 g/mol. The van der Waals surface area contributed by atoms with Crippen molar-refractivity contribution < 1.29 is 14.7 Å². The Balaban J connectivity index is 1.99. The van der Waals surface area contributed by atoms with Crippen LogP contribution in [0.25, 0.3) is 0 Å². The van der Waals surface area contributed by atoms with Gasteiger partial charge in [-0.15, -0.1) is 11.3 Å². The van der Waals surface area contributed by atoms with Crippen LogP contribution in [-0.4, -0.2) is 28.4 Å². The van der Waals surface area contributed by atoms with Crippen LogP contribution in [-0.2, 0) is 11.2 Å². The molecule has 1 aliphatic heterocycles. The minimum absolute atomic E-state index is 0.284. The number of thiophene rings is 1. The SMILES string of the molecule is O=C(O)[C@H]1c2ccccc2CCN1C(=O)c1ccc(Cl)s1. The summed E-state index contributed by atoms with van der Waals surface area (Å²) in [5.74, 6) is -1.30.